The van der Waals surface area contributed by atoms with Crippen molar-refractivity contribution in [3.8, 4) is 6.07 Å². The van der Waals surface area contributed by atoms with Gasteiger partial charge in [-0.3, -0.25) is 0 Å². The Kier molecular flexibility index (Phi) is 3.10. The average Bonchev–Trinajstić information content (AvgIpc) is 2.19. The molecule has 1 rings (SSSR count). The van der Waals surface area contributed by atoms with Crippen LogP contribution in [0.3, 0.4) is 0 Å². The molecule has 0 N–H and O–H groups in total. The second-order valence-electron chi connectivity index (χ2n) is 2.73. The fraction of sp³-hybridized carbons (Fsp3) is 0.200. The maximum Gasteiger partial charge on any atom is 0.338 e. The van der Waals surface area contributed by atoms with Crippen molar-refractivity contribution in [2.45, 2.75) is 6.92 Å². The van der Waals surface area contributed by atoms with E-state index >= 15 is 0 Å². The monoisotopic (exact) mass is 209 g/mol. The van der Waals surface area contributed by atoms with E-state index in [0.717, 1.165) is 0 Å². The van der Waals surface area contributed by atoms with Crippen molar-refractivity contribution in [2.24, 2.45) is 0 Å². The molecule has 0 aliphatic rings. The standard InChI is InChI=1S/C10H8ClNO2/c1-6-7(5-12)3-8(11)4-9(6)10(13)14-2/h3-4H,1-2H3. The third-order valence-corrected chi connectivity index (χ3v) is 2.12. The maximum atomic E-state index is 11.3. The zero-order valence-electron chi connectivity index (χ0n) is 7.80. The lowest BCUT2D eigenvalue weighted by Gasteiger charge is -2.05. The van der Waals surface area contributed by atoms with Crippen molar-refractivity contribution in [1.82, 2.24) is 0 Å². The molecule has 4 heteroatoms. The molecule has 14 heavy (non-hydrogen) atoms. The summed E-state index contributed by atoms with van der Waals surface area (Å²) in [7, 11) is 1.29. The number of rotatable bonds is 1. The van der Waals surface area contributed by atoms with Crippen LogP contribution in [0.5, 0.6) is 0 Å². The summed E-state index contributed by atoms with van der Waals surface area (Å²) in [6.45, 7) is 1.68. The zero-order chi connectivity index (χ0) is 10.7. The molecule has 0 aliphatic carbocycles. The predicted molar refractivity (Wildman–Crippen MR) is 52.2 cm³/mol. The van der Waals surface area contributed by atoms with Gasteiger partial charge in [0.2, 0.25) is 0 Å². The Morgan fingerprint density at radius 2 is 2.21 bits per heavy atom. The summed E-state index contributed by atoms with van der Waals surface area (Å²) in [5.74, 6) is -0.485. The Balaban J connectivity index is 3.38. The SMILES string of the molecule is COC(=O)c1cc(Cl)cc(C#N)c1C. The van der Waals surface area contributed by atoms with Gasteiger partial charge < -0.3 is 4.74 Å². The van der Waals surface area contributed by atoms with Crippen molar-refractivity contribution >= 4 is 17.6 Å². The summed E-state index contributed by atoms with van der Waals surface area (Å²) in [6.07, 6.45) is 0. The van der Waals surface area contributed by atoms with E-state index in [2.05, 4.69) is 4.74 Å². The van der Waals surface area contributed by atoms with Gasteiger partial charge in [-0.1, -0.05) is 11.6 Å². The molecule has 72 valence electrons. The Morgan fingerprint density at radius 1 is 1.57 bits per heavy atom. The molecule has 3 nitrogen and oxygen atoms in total. The van der Waals surface area contributed by atoms with Crippen LogP contribution in [0, 0.1) is 18.3 Å². The van der Waals surface area contributed by atoms with Gasteiger partial charge in [0.1, 0.15) is 0 Å². The van der Waals surface area contributed by atoms with E-state index in [1.165, 1.54) is 19.2 Å². The van der Waals surface area contributed by atoms with E-state index in [-0.39, 0.29) is 0 Å². The molecule has 0 atom stereocenters. The van der Waals surface area contributed by atoms with E-state index < -0.39 is 5.97 Å². The fourth-order valence-electron chi connectivity index (χ4n) is 1.12. The number of nitriles is 1. The Bertz CT molecular complexity index is 421. The van der Waals surface area contributed by atoms with Crippen LogP contribution in [0.15, 0.2) is 12.1 Å². The van der Waals surface area contributed by atoms with Gasteiger partial charge in [0.15, 0.2) is 0 Å². The minimum Gasteiger partial charge on any atom is -0.465 e. The van der Waals surface area contributed by atoms with Gasteiger partial charge in [-0.15, -0.1) is 0 Å². The molecular weight excluding hydrogens is 202 g/mol. The van der Waals surface area contributed by atoms with Crippen LogP contribution in [0.2, 0.25) is 5.02 Å². The smallest absolute Gasteiger partial charge is 0.338 e. The highest BCUT2D eigenvalue weighted by atomic mass is 35.5. The first-order chi connectivity index (χ1) is 6.60. The van der Waals surface area contributed by atoms with Crippen LogP contribution in [0.4, 0.5) is 0 Å². The molecule has 0 spiro atoms. The molecule has 1 aromatic rings. The molecule has 0 fully saturated rings. The third-order valence-electron chi connectivity index (χ3n) is 1.90. The van der Waals surface area contributed by atoms with Gasteiger partial charge in [-0.2, -0.15) is 5.26 Å². The molecule has 0 saturated heterocycles. The Hall–Kier alpha value is -1.53. The van der Waals surface area contributed by atoms with E-state index in [4.69, 9.17) is 16.9 Å². The van der Waals surface area contributed by atoms with Gasteiger partial charge in [0.25, 0.3) is 0 Å². The Labute approximate surface area is 86.9 Å². The van der Waals surface area contributed by atoms with Crippen molar-refractivity contribution in [2.75, 3.05) is 7.11 Å². The number of carbonyl (C=O) groups excluding carboxylic acids is 1. The summed E-state index contributed by atoms with van der Waals surface area (Å²) in [5, 5.41) is 9.12. The number of hydrogen-bond donors (Lipinski definition) is 0. The van der Waals surface area contributed by atoms with Gasteiger partial charge in [-0.05, 0) is 24.6 Å². The third kappa shape index (κ3) is 1.86. The minimum atomic E-state index is -0.485. The largest absolute Gasteiger partial charge is 0.465 e. The van der Waals surface area contributed by atoms with E-state index in [0.29, 0.717) is 21.7 Å². The molecule has 0 aromatic heterocycles. The van der Waals surface area contributed by atoms with Gasteiger partial charge in [0, 0.05) is 5.02 Å². The molecule has 0 radical (unpaired) electrons. The number of esters is 1. The first-order valence-electron chi connectivity index (χ1n) is 3.88. The van der Waals surface area contributed by atoms with Crippen LogP contribution in [-0.2, 0) is 4.74 Å². The van der Waals surface area contributed by atoms with Crippen LogP contribution in [0.1, 0.15) is 21.5 Å². The number of methoxy groups -OCH3 is 1. The summed E-state index contributed by atoms with van der Waals surface area (Å²) in [4.78, 5) is 11.3. The number of carbonyl (C=O) groups is 1. The van der Waals surface area contributed by atoms with Crippen LogP contribution >= 0.6 is 11.6 Å². The van der Waals surface area contributed by atoms with Crippen molar-refractivity contribution in [3.05, 3.63) is 33.8 Å². The van der Waals surface area contributed by atoms with Gasteiger partial charge in [-0.25, -0.2) is 4.79 Å². The fourth-order valence-corrected chi connectivity index (χ4v) is 1.34. The molecule has 0 bridgehead atoms. The second-order valence-corrected chi connectivity index (χ2v) is 3.17. The lowest BCUT2D eigenvalue weighted by atomic mass is 10.0. The Morgan fingerprint density at radius 3 is 2.71 bits per heavy atom. The molecule has 0 saturated carbocycles. The first kappa shape index (κ1) is 10.6. The zero-order valence-corrected chi connectivity index (χ0v) is 8.55. The van der Waals surface area contributed by atoms with E-state index in [1.807, 2.05) is 6.07 Å². The van der Waals surface area contributed by atoms with Crippen molar-refractivity contribution < 1.29 is 9.53 Å². The molecule has 0 aliphatic heterocycles. The van der Waals surface area contributed by atoms with E-state index in [9.17, 15) is 4.79 Å². The number of benzene rings is 1. The van der Waals surface area contributed by atoms with E-state index in [1.54, 1.807) is 6.92 Å². The lowest BCUT2D eigenvalue weighted by molar-refractivity contribution is 0.0600. The number of ether oxygens (including phenoxy) is 1. The molecule has 1 aromatic carbocycles. The molecular formula is C10H8ClNO2. The highest BCUT2D eigenvalue weighted by molar-refractivity contribution is 6.31. The molecule has 0 amide bonds. The average molecular weight is 210 g/mol. The maximum absolute atomic E-state index is 11.3. The quantitative estimate of drug-likeness (QED) is 0.667. The second kappa shape index (κ2) is 4.12. The molecule has 0 unspecified atom stereocenters. The van der Waals surface area contributed by atoms with Crippen molar-refractivity contribution in [3.63, 3.8) is 0 Å². The van der Waals surface area contributed by atoms with Crippen LogP contribution in [-0.4, -0.2) is 13.1 Å². The van der Waals surface area contributed by atoms with Crippen LogP contribution < -0.4 is 0 Å². The highest BCUT2D eigenvalue weighted by Crippen LogP contribution is 2.20. The summed E-state index contributed by atoms with van der Waals surface area (Å²) in [6, 6.07) is 4.97. The summed E-state index contributed by atoms with van der Waals surface area (Å²) in [5.41, 5.74) is 1.30. The predicted octanol–water partition coefficient (Wildman–Crippen LogP) is 2.31. The highest BCUT2D eigenvalue weighted by Gasteiger charge is 2.13. The van der Waals surface area contributed by atoms with Crippen LogP contribution in [0.25, 0.3) is 0 Å². The van der Waals surface area contributed by atoms with Gasteiger partial charge >= 0.3 is 5.97 Å². The lowest BCUT2D eigenvalue weighted by Crippen LogP contribution is -2.05. The number of nitrogens with zero attached hydrogens (tertiary/aromatic N) is 1. The summed E-state index contributed by atoms with van der Waals surface area (Å²) >= 11 is 5.74. The number of halogens is 1. The summed E-state index contributed by atoms with van der Waals surface area (Å²) < 4.78 is 4.56. The van der Waals surface area contributed by atoms with Crippen molar-refractivity contribution in [1.29, 1.82) is 5.26 Å². The topological polar surface area (TPSA) is 50.1 Å². The minimum absolute atomic E-state index is 0.330. The number of hydrogen-bond acceptors (Lipinski definition) is 3. The molecule has 0 heterocycles. The normalized spacial score (nSPS) is 9.29. The van der Waals surface area contributed by atoms with Gasteiger partial charge in [0.05, 0.1) is 24.3 Å². The first-order valence-corrected chi connectivity index (χ1v) is 4.26.